The zero-order chi connectivity index (χ0) is 43.1. The normalized spacial score (nSPS) is 21.2. The van der Waals surface area contributed by atoms with Gasteiger partial charge in [-0.25, -0.2) is 19.6 Å². The smallest absolute Gasteiger partial charge is 0.407 e. The number of carbonyl (C=O) groups excluding carboxylic acids is 3. The van der Waals surface area contributed by atoms with Crippen molar-refractivity contribution in [3.63, 3.8) is 0 Å². The number of H-pyrrole nitrogens is 1. The van der Waals surface area contributed by atoms with Crippen LogP contribution in [0.2, 0.25) is 0 Å². The Morgan fingerprint density at radius 1 is 0.903 bits per heavy atom. The van der Waals surface area contributed by atoms with Gasteiger partial charge in [-0.2, -0.15) is 0 Å². The third-order valence-electron chi connectivity index (χ3n) is 12.9. The van der Waals surface area contributed by atoms with E-state index in [-0.39, 0.29) is 36.2 Å². The molecule has 0 saturated carbocycles. The molecule has 5 aromatic rings. The number of carbonyl (C=O) groups is 4. The molecule has 4 aliphatic rings. The van der Waals surface area contributed by atoms with Crippen LogP contribution in [-0.4, -0.2) is 123 Å². The number of hydrogen-bond acceptors (Lipinski definition) is 10. The summed E-state index contributed by atoms with van der Waals surface area (Å²) in [7, 11) is 1.29. The summed E-state index contributed by atoms with van der Waals surface area (Å²) in [5.74, 6) is -0.437. The fourth-order valence-electron chi connectivity index (χ4n) is 9.70. The van der Waals surface area contributed by atoms with Crippen molar-refractivity contribution in [1.82, 2.24) is 40.0 Å². The molecular formula is C45H52N8O9. The summed E-state index contributed by atoms with van der Waals surface area (Å²) in [4.78, 5) is 68.9. The molecule has 0 aliphatic carbocycles. The molecule has 9 rings (SSSR count). The van der Waals surface area contributed by atoms with E-state index < -0.39 is 36.1 Å². The van der Waals surface area contributed by atoms with Crippen LogP contribution in [0.15, 0.2) is 67.0 Å². The van der Waals surface area contributed by atoms with Gasteiger partial charge in [-0.05, 0) is 78.3 Å². The highest BCUT2D eigenvalue weighted by Gasteiger charge is 2.53. The predicted molar refractivity (Wildman–Crippen MR) is 226 cm³/mol. The van der Waals surface area contributed by atoms with Crippen LogP contribution in [0, 0.1) is 11.8 Å². The Bertz CT molecular complexity index is 2470. The second-order valence-electron chi connectivity index (χ2n) is 16.9. The number of benzene rings is 3. The first-order chi connectivity index (χ1) is 30.0. The number of alkyl carbamates (subject to hydrolysis) is 1. The van der Waals surface area contributed by atoms with Crippen molar-refractivity contribution in [2.24, 2.45) is 11.8 Å². The number of amides is 4. The number of aromatic nitrogens is 4. The zero-order valence-electron chi connectivity index (χ0n) is 35.0. The van der Waals surface area contributed by atoms with E-state index in [9.17, 15) is 24.3 Å². The van der Waals surface area contributed by atoms with Crippen LogP contribution >= 0.6 is 0 Å². The molecule has 4 aliphatic heterocycles. The van der Waals surface area contributed by atoms with Gasteiger partial charge in [-0.3, -0.25) is 9.59 Å². The van der Waals surface area contributed by atoms with Gasteiger partial charge in [0, 0.05) is 49.6 Å². The van der Waals surface area contributed by atoms with E-state index in [1.54, 1.807) is 16.0 Å². The highest BCUT2D eigenvalue weighted by Crippen LogP contribution is 2.44. The summed E-state index contributed by atoms with van der Waals surface area (Å²) in [6.45, 7) is 6.27. The summed E-state index contributed by atoms with van der Waals surface area (Å²) < 4.78 is 24.8. The standard InChI is InChI=1S/C45H52N8O9/c1-26(2)36(49-43(56)57)41(54)52-17-4-5-34(52)40-46-16-18-51(40)31-10-6-27(7-11-31)29-8-12-32-30(23-29)9-13-33-38(32)48-39(47-33)35-24-45(61-21-22-62-45)25-53(35)42(55)37(50-44(58)59-3)28-14-19-60-20-15-28/h6-13,16,18,23,26,28,34-37,49H,4-5,14-15,17,19-22,24-25H2,1-3H3,(H,47,48)(H,50,58)(H,56,57)/t34-,35-,36-,37-/m0/s1. The van der Waals surface area contributed by atoms with Crippen LogP contribution in [0.5, 0.6) is 0 Å². The third kappa shape index (κ3) is 7.84. The Labute approximate surface area is 358 Å². The molecule has 0 radical (unpaired) electrons. The number of fused-ring (bicyclic) bond motifs is 3. The minimum atomic E-state index is -1.22. The van der Waals surface area contributed by atoms with Crippen molar-refractivity contribution in [3.05, 3.63) is 78.6 Å². The Morgan fingerprint density at radius 3 is 2.39 bits per heavy atom. The van der Waals surface area contributed by atoms with Gasteiger partial charge in [0.2, 0.25) is 11.8 Å². The second kappa shape index (κ2) is 17.0. The van der Waals surface area contributed by atoms with Gasteiger partial charge in [0.25, 0.3) is 0 Å². The van der Waals surface area contributed by atoms with Crippen molar-refractivity contribution in [2.75, 3.05) is 46.6 Å². The quantitative estimate of drug-likeness (QED) is 0.135. The van der Waals surface area contributed by atoms with Crippen molar-refractivity contribution < 1.29 is 43.2 Å². The predicted octanol–water partition coefficient (Wildman–Crippen LogP) is 5.69. The number of ether oxygens (including phenoxy) is 4. The average Bonchev–Trinajstić information content (AvgIpc) is 4.15. The lowest BCUT2D eigenvalue weighted by molar-refractivity contribution is -0.154. The van der Waals surface area contributed by atoms with Gasteiger partial charge in [0.05, 0.1) is 50.0 Å². The van der Waals surface area contributed by atoms with Crippen LogP contribution in [0.4, 0.5) is 9.59 Å². The summed E-state index contributed by atoms with van der Waals surface area (Å²) in [5, 5.41) is 16.6. The Balaban J connectivity index is 0.967. The van der Waals surface area contributed by atoms with E-state index in [2.05, 4.69) is 50.9 Å². The first-order valence-corrected chi connectivity index (χ1v) is 21.4. The number of hydrogen-bond donors (Lipinski definition) is 4. The molecule has 4 N–H and O–H groups in total. The van der Waals surface area contributed by atoms with E-state index in [0.717, 1.165) is 57.3 Å². The summed E-state index contributed by atoms with van der Waals surface area (Å²) >= 11 is 0. The van der Waals surface area contributed by atoms with Crippen LogP contribution in [0.3, 0.4) is 0 Å². The molecule has 1 spiro atoms. The van der Waals surface area contributed by atoms with Gasteiger partial charge in [-0.15, -0.1) is 0 Å². The van der Waals surface area contributed by atoms with Crippen molar-refractivity contribution in [2.45, 2.75) is 75.9 Å². The number of carboxylic acid groups (broad SMARTS) is 1. The molecule has 4 atom stereocenters. The van der Waals surface area contributed by atoms with E-state index >= 15 is 0 Å². The molecule has 326 valence electrons. The lowest BCUT2D eigenvalue weighted by Crippen LogP contribution is -2.54. The molecule has 4 fully saturated rings. The highest BCUT2D eigenvalue weighted by atomic mass is 16.7. The molecule has 3 aromatic carbocycles. The number of nitrogens with zero attached hydrogens (tertiary/aromatic N) is 5. The fourth-order valence-corrected chi connectivity index (χ4v) is 9.70. The Kier molecular flexibility index (Phi) is 11.3. The van der Waals surface area contributed by atoms with Crippen molar-refractivity contribution in [3.8, 4) is 16.8 Å². The molecule has 2 aromatic heterocycles. The number of rotatable bonds is 10. The van der Waals surface area contributed by atoms with E-state index in [4.69, 9.17) is 23.9 Å². The minimum absolute atomic E-state index is 0.125. The molecule has 4 amide bonds. The number of likely N-dealkylation sites (tertiary alicyclic amines) is 2. The lowest BCUT2D eigenvalue weighted by Gasteiger charge is -2.34. The number of imidazole rings is 2. The summed E-state index contributed by atoms with van der Waals surface area (Å²) in [6.07, 6.45) is 4.90. The first-order valence-electron chi connectivity index (χ1n) is 21.4. The van der Waals surface area contributed by atoms with Crippen molar-refractivity contribution in [1.29, 1.82) is 0 Å². The number of methoxy groups -OCH3 is 1. The van der Waals surface area contributed by atoms with Crippen LogP contribution in [0.1, 0.15) is 69.7 Å². The van der Waals surface area contributed by atoms with Crippen molar-refractivity contribution >= 4 is 45.8 Å². The zero-order valence-corrected chi connectivity index (χ0v) is 35.0. The Morgan fingerprint density at radius 2 is 1.66 bits per heavy atom. The highest BCUT2D eigenvalue weighted by molar-refractivity contribution is 6.05. The monoisotopic (exact) mass is 848 g/mol. The molecule has 4 saturated heterocycles. The summed E-state index contributed by atoms with van der Waals surface area (Å²) in [5.41, 5.74) is 4.54. The maximum atomic E-state index is 14.5. The molecule has 0 unspecified atom stereocenters. The molecule has 6 heterocycles. The molecule has 0 bridgehead atoms. The number of nitrogens with one attached hydrogen (secondary N) is 3. The van der Waals surface area contributed by atoms with Gasteiger partial charge in [0.1, 0.15) is 23.7 Å². The first kappa shape index (κ1) is 41.3. The fraction of sp³-hybridized carbons (Fsp3) is 0.467. The largest absolute Gasteiger partial charge is 0.465 e. The van der Waals surface area contributed by atoms with Gasteiger partial charge < -0.3 is 54.0 Å². The van der Waals surface area contributed by atoms with Gasteiger partial charge in [-0.1, -0.05) is 44.2 Å². The number of aromatic amines is 1. The lowest BCUT2D eigenvalue weighted by atomic mass is 9.90. The maximum Gasteiger partial charge on any atom is 0.407 e. The molecule has 62 heavy (non-hydrogen) atoms. The Hall–Kier alpha value is -6.04. The van der Waals surface area contributed by atoms with E-state index in [1.807, 2.05) is 48.9 Å². The van der Waals surface area contributed by atoms with Gasteiger partial charge in [0.15, 0.2) is 5.79 Å². The third-order valence-corrected chi connectivity index (χ3v) is 12.9. The maximum absolute atomic E-state index is 14.5. The minimum Gasteiger partial charge on any atom is -0.465 e. The van der Waals surface area contributed by atoms with Gasteiger partial charge >= 0.3 is 12.2 Å². The van der Waals surface area contributed by atoms with Crippen LogP contribution < -0.4 is 10.6 Å². The van der Waals surface area contributed by atoms with E-state index in [1.165, 1.54) is 7.11 Å². The molecule has 17 nitrogen and oxygen atoms in total. The van der Waals surface area contributed by atoms with E-state index in [0.29, 0.717) is 58.1 Å². The molecule has 17 heteroatoms. The SMILES string of the molecule is COC(=O)N[C@H](C(=O)N1CC2(C[C@H]1c1nc3ccc4cc(-c5ccc(-n6ccnc6[C@@H]6CCCN6C(=O)[C@@H](NC(=O)O)C(C)C)cc5)ccc4c3[nH]1)OCCO2)C1CCOCC1. The average molecular weight is 849 g/mol. The molecular weight excluding hydrogens is 797 g/mol. The second-order valence-corrected chi connectivity index (χ2v) is 16.9. The topological polar surface area (TPSA) is 202 Å². The summed E-state index contributed by atoms with van der Waals surface area (Å²) in [6, 6.07) is 16.1. The van der Waals surface area contributed by atoms with Crippen LogP contribution in [0.25, 0.3) is 38.6 Å². The van der Waals surface area contributed by atoms with Crippen LogP contribution in [-0.2, 0) is 28.5 Å².